The minimum atomic E-state index is 1.30. The van der Waals surface area contributed by atoms with Crippen molar-refractivity contribution in [1.29, 1.82) is 0 Å². The van der Waals surface area contributed by atoms with Gasteiger partial charge in [-0.05, 0) is 36.8 Å². The fourth-order valence-corrected chi connectivity index (χ4v) is 1.68. The topological polar surface area (TPSA) is 52.0 Å². The van der Waals surface area contributed by atoms with Crippen LogP contribution < -0.4 is 11.7 Å². The molecule has 0 saturated carbocycles. The summed E-state index contributed by atoms with van der Waals surface area (Å²) in [6.45, 7) is 0. The standard InChI is InChI=1S/C10H12.H4N2/c1-2-6-10-8-4-3-7-9(10)5-1;1-2/h1-2,5-6H,3-4,7-8H2;1-2H2. The summed E-state index contributed by atoms with van der Waals surface area (Å²) in [7, 11) is 0. The summed E-state index contributed by atoms with van der Waals surface area (Å²) in [5, 5.41) is 0. The van der Waals surface area contributed by atoms with E-state index >= 15 is 0 Å². The lowest BCUT2D eigenvalue weighted by Crippen LogP contribution is -2.02. The van der Waals surface area contributed by atoms with Crippen LogP contribution in [0.1, 0.15) is 24.0 Å². The molecule has 66 valence electrons. The molecule has 1 aliphatic carbocycles. The molecule has 2 heteroatoms. The molecule has 0 heterocycles. The van der Waals surface area contributed by atoms with Crippen molar-refractivity contribution in [1.82, 2.24) is 0 Å². The average Bonchev–Trinajstić information content (AvgIpc) is 2.21. The van der Waals surface area contributed by atoms with Crippen LogP contribution in [-0.4, -0.2) is 0 Å². The number of benzene rings is 1. The van der Waals surface area contributed by atoms with E-state index in [0.29, 0.717) is 0 Å². The maximum Gasteiger partial charge on any atom is -0.0276 e. The zero-order valence-electron chi connectivity index (χ0n) is 7.29. The van der Waals surface area contributed by atoms with E-state index in [0.717, 1.165) is 0 Å². The predicted molar refractivity (Wildman–Crippen MR) is 51.5 cm³/mol. The number of hydrogen-bond acceptors (Lipinski definition) is 2. The molecule has 0 bridgehead atoms. The number of fused-ring (bicyclic) bond motifs is 1. The highest BCUT2D eigenvalue weighted by molar-refractivity contribution is 5.28. The van der Waals surface area contributed by atoms with Gasteiger partial charge in [-0.1, -0.05) is 24.3 Å². The van der Waals surface area contributed by atoms with Crippen molar-refractivity contribution in [2.24, 2.45) is 11.7 Å². The third kappa shape index (κ3) is 2.06. The van der Waals surface area contributed by atoms with E-state index in [-0.39, 0.29) is 0 Å². The van der Waals surface area contributed by atoms with Gasteiger partial charge < -0.3 is 0 Å². The Hall–Kier alpha value is -0.860. The smallest absolute Gasteiger partial charge is 0.0276 e. The minimum Gasteiger partial charge on any atom is -0.274 e. The summed E-state index contributed by atoms with van der Waals surface area (Å²) < 4.78 is 0. The second-order valence-corrected chi connectivity index (χ2v) is 2.98. The first-order valence-corrected chi connectivity index (χ1v) is 4.37. The van der Waals surface area contributed by atoms with E-state index in [9.17, 15) is 0 Å². The van der Waals surface area contributed by atoms with Crippen LogP contribution in [0.2, 0.25) is 0 Å². The zero-order chi connectivity index (χ0) is 8.81. The van der Waals surface area contributed by atoms with Crippen LogP contribution in [0.25, 0.3) is 0 Å². The van der Waals surface area contributed by atoms with Crippen molar-refractivity contribution in [3.63, 3.8) is 0 Å². The number of hydrogen-bond donors (Lipinski definition) is 2. The van der Waals surface area contributed by atoms with Gasteiger partial charge in [0, 0.05) is 0 Å². The molecule has 1 aromatic carbocycles. The second kappa shape index (κ2) is 4.91. The minimum absolute atomic E-state index is 1.30. The summed E-state index contributed by atoms with van der Waals surface area (Å²) in [4.78, 5) is 0. The van der Waals surface area contributed by atoms with Crippen molar-refractivity contribution >= 4 is 0 Å². The third-order valence-corrected chi connectivity index (χ3v) is 2.26. The Bertz CT molecular complexity index is 208. The fraction of sp³-hybridized carbons (Fsp3) is 0.400. The summed E-state index contributed by atoms with van der Waals surface area (Å²) >= 11 is 0. The fourth-order valence-electron chi connectivity index (χ4n) is 1.68. The van der Waals surface area contributed by atoms with E-state index in [1.807, 2.05) is 0 Å². The van der Waals surface area contributed by atoms with Gasteiger partial charge in [-0.15, -0.1) is 0 Å². The van der Waals surface area contributed by atoms with Crippen LogP contribution in [0.3, 0.4) is 0 Å². The van der Waals surface area contributed by atoms with Crippen LogP contribution in [0.4, 0.5) is 0 Å². The van der Waals surface area contributed by atoms with Gasteiger partial charge in [0.25, 0.3) is 0 Å². The van der Waals surface area contributed by atoms with Crippen LogP contribution in [-0.2, 0) is 12.8 Å². The Morgan fingerprint density at radius 1 is 0.833 bits per heavy atom. The lowest BCUT2D eigenvalue weighted by Gasteiger charge is -2.13. The summed E-state index contributed by atoms with van der Waals surface area (Å²) in [5.74, 6) is 8.00. The van der Waals surface area contributed by atoms with Gasteiger partial charge in [0.2, 0.25) is 0 Å². The van der Waals surface area contributed by atoms with Crippen molar-refractivity contribution in [3.05, 3.63) is 35.4 Å². The first kappa shape index (κ1) is 9.23. The Morgan fingerprint density at radius 2 is 1.25 bits per heavy atom. The predicted octanol–water partition coefficient (Wildman–Crippen LogP) is 1.38. The van der Waals surface area contributed by atoms with E-state index in [4.69, 9.17) is 0 Å². The van der Waals surface area contributed by atoms with Crippen molar-refractivity contribution < 1.29 is 0 Å². The summed E-state index contributed by atoms with van der Waals surface area (Å²) in [6.07, 6.45) is 5.38. The van der Waals surface area contributed by atoms with Crippen molar-refractivity contribution in [3.8, 4) is 0 Å². The monoisotopic (exact) mass is 164 g/mol. The van der Waals surface area contributed by atoms with E-state index in [1.165, 1.54) is 25.7 Å². The maximum absolute atomic E-state index is 4.00. The first-order chi connectivity index (χ1) is 5.97. The van der Waals surface area contributed by atoms with Gasteiger partial charge in [-0.3, -0.25) is 11.7 Å². The van der Waals surface area contributed by atoms with E-state index in [1.54, 1.807) is 11.1 Å². The average molecular weight is 164 g/mol. The van der Waals surface area contributed by atoms with Crippen LogP contribution in [0.5, 0.6) is 0 Å². The molecule has 0 fully saturated rings. The van der Waals surface area contributed by atoms with Gasteiger partial charge >= 0.3 is 0 Å². The molecule has 0 unspecified atom stereocenters. The quantitative estimate of drug-likeness (QED) is 0.449. The molecule has 0 aromatic heterocycles. The highest BCUT2D eigenvalue weighted by Gasteiger charge is 2.05. The first-order valence-electron chi connectivity index (χ1n) is 4.37. The lowest BCUT2D eigenvalue weighted by atomic mass is 9.92. The Kier molecular flexibility index (Phi) is 3.77. The third-order valence-electron chi connectivity index (χ3n) is 2.26. The highest BCUT2D eigenvalue weighted by atomic mass is 15.0. The number of nitrogens with two attached hydrogens (primary N) is 2. The molecule has 0 amide bonds. The molecule has 0 atom stereocenters. The largest absolute Gasteiger partial charge is 0.274 e. The molecular weight excluding hydrogens is 148 g/mol. The Balaban J connectivity index is 0.000000336. The zero-order valence-corrected chi connectivity index (χ0v) is 7.29. The summed E-state index contributed by atoms with van der Waals surface area (Å²) in [6, 6.07) is 8.80. The molecular formula is C10H16N2. The van der Waals surface area contributed by atoms with Gasteiger partial charge in [0.05, 0.1) is 0 Å². The van der Waals surface area contributed by atoms with Crippen LogP contribution in [0, 0.1) is 0 Å². The van der Waals surface area contributed by atoms with Gasteiger partial charge in [0.1, 0.15) is 0 Å². The molecule has 1 aliphatic rings. The molecule has 0 spiro atoms. The second-order valence-electron chi connectivity index (χ2n) is 2.98. The molecule has 0 radical (unpaired) electrons. The van der Waals surface area contributed by atoms with Gasteiger partial charge in [0.15, 0.2) is 0 Å². The molecule has 1 aromatic rings. The SMILES string of the molecule is NN.c1ccc2c(c1)CCCC2. The van der Waals surface area contributed by atoms with Gasteiger partial charge in [-0.2, -0.15) is 0 Å². The summed E-state index contributed by atoms with van der Waals surface area (Å²) in [5.41, 5.74) is 3.16. The number of hydrazine groups is 1. The van der Waals surface area contributed by atoms with Crippen LogP contribution >= 0.6 is 0 Å². The number of aryl methyl sites for hydroxylation is 2. The van der Waals surface area contributed by atoms with Crippen molar-refractivity contribution in [2.45, 2.75) is 25.7 Å². The van der Waals surface area contributed by atoms with E-state index in [2.05, 4.69) is 36.0 Å². The molecule has 2 rings (SSSR count). The molecule has 0 aliphatic heterocycles. The molecule has 0 saturated heterocycles. The highest BCUT2D eigenvalue weighted by Crippen LogP contribution is 2.19. The molecule has 4 N–H and O–H groups in total. The van der Waals surface area contributed by atoms with Crippen molar-refractivity contribution in [2.75, 3.05) is 0 Å². The lowest BCUT2D eigenvalue weighted by molar-refractivity contribution is 0.685. The maximum atomic E-state index is 4.00. The van der Waals surface area contributed by atoms with Crippen LogP contribution in [0.15, 0.2) is 24.3 Å². The Labute approximate surface area is 73.5 Å². The van der Waals surface area contributed by atoms with E-state index < -0.39 is 0 Å². The molecule has 12 heavy (non-hydrogen) atoms. The van der Waals surface area contributed by atoms with Gasteiger partial charge in [-0.25, -0.2) is 0 Å². The Morgan fingerprint density at radius 3 is 1.67 bits per heavy atom. The number of rotatable bonds is 0. The normalized spacial score (nSPS) is 14.2. The molecule has 2 nitrogen and oxygen atoms in total.